The Bertz CT molecular complexity index is 324. The lowest BCUT2D eigenvalue weighted by Gasteiger charge is -2.38. The van der Waals surface area contributed by atoms with Crippen LogP contribution < -0.4 is 0 Å². The molecule has 0 aromatic carbocycles. The minimum atomic E-state index is -0.227. The van der Waals surface area contributed by atoms with E-state index in [9.17, 15) is 5.11 Å². The van der Waals surface area contributed by atoms with E-state index in [-0.39, 0.29) is 6.10 Å². The highest BCUT2D eigenvalue weighted by Gasteiger charge is 2.40. The zero-order valence-corrected chi connectivity index (χ0v) is 10.9. The lowest BCUT2D eigenvalue weighted by Crippen LogP contribution is -2.32. The molecule has 1 N–H and O–H groups in total. The summed E-state index contributed by atoms with van der Waals surface area (Å²) in [6.07, 6.45) is 8.76. The molecule has 2 rings (SSSR count). The van der Waals surface area contributed by atoms with Crippen LogP contribution >= 0.6 is 0 Å². The SMILES string of the molecule is CC1=CC[C@@H]([C@@H]2C=C[C@H](O)[C@H](C)C2)C1(C)C. The summed E-state index contributed by atoms with van der Waals surface area (Å²) >= 11 is 0. The molecule has 0 fully saturated rings. The second-order valence-electron chi connectivity index (χ2n) is 6.20. The van der Waals surface area contributed by atoms with Crippen LogP contribution in [0.4, 0.5) is 0 Å². The van der Waals surface area contributed by atoms with Gasteiger partial charge in [0.1, 0.15) is 0 Å². The standard InChI is InChI=1S/C15H24O/c1-10-9-12(6-8-14(10)16)13-7-5-11(2)15(13,3)4/h5-6,8,10,12-14,16H,7,9H2,1-4H3/t10-,12-,13+,14+/m1/s1. The highest BCUT2D eigenvalue weighted by molar-refractivity contribution is 5.21. The van der Waals surface area contributed by atoms with Crippen LogP contribution in [0.25, 0.3) is 0 Å². The molecule has 0 saturated carbocycles. The van der Waals surface area contributed by atoms with Crippen molar-refractivity contribution < 1.29 is 5.11 Å². The molecule has 1 nitrogen and oxygen atoms in total. The summed E-state index contributed by atoms with van der Waals surface area (Å²) < 4.78 is 0. The maximum atomic E-state index is 9.72. The molecule has 0 aliphatic heterocycles. The minimum Gasteiger partial charge on any atom is -0.389 e. The van der Waals surface area contributed by atoms with Crippen molar-refractivity contribution in [3.63, 3.8) is 0 Å². The zero-order chi connectivity index (χ0) is 11.9. The van der Waals surface area contributed by atoms with E-state index in [1.54, 1.807) is 0 Å². The van der Waals surface area contributed by atoms with Crippen molar-refractivity contribution in [3.05, 3.63) is 23.8 Å². The molecule has 2 aliphatic rings. The summed E-state index contributed by atoms with van der Waals surface area (Å²) in [6, 6.07) is 0. The third-order valence-corrected chi connectivity index (χ3v) is 4.92. The quantitative estimate of drug-likeness (QED) is 0.670. The molecular formula is C15H24O. The van der Waals surface area contributed by atoms with E-state index in [1.165, 1.54) is 12.0 Å². The fourth-order valence-corrected chi connectivity index (χ4v) is 3.26. The molecule has 2 aliphatic carbocycles. The highest BCUT2D eigenvalue weighted by Crippen LogP contribution is 2.49. The molecule has 0 bridgehead atoms. The summed E-state index contributed by atoms with van der Waals surface area (Å²) in [7, 11) is 0. The minimum absolute atomic E-state index is 0.227. The first kappa shape index (κ1) is 11.9. The molecule has 0 aromatic heterocycles. The van der Waals surface area contributed by atoms with Gasteiger partial charge in [0.2, 0.25) is 0 Å². The maximum absolute atomic E-state index is 9.72. The molecule has 1 heteroatoms. The van der Waals surface area contributed by atoms with E-state index in [1.807, 2.05) is 6.08 Å². The Kier molecular flexibility index (Phi) is 3.00. The Labute approximate surface area is 99.3 Å². The van der Waals surface area contributed by atoms with Gasteiger partial charge in [0, 0.05) is 0 Å². The largest absolute Gasteiger partial charge is 0.389 e. The van der Waals surface area contributed by atoms with Gasteiger partial charge in [0.25, 0.3) is 0 Å². The van der Waals surface area contributed by atoms with Crippen LogP contribution in [0.3, 0.4) is 0 Å². The van der Waals surface area contributed by atoms with Gasteiger partial charge in [0.15, 0.2) is 0 Å². The predicted octanol–water partition coefficient (Wildman–Crippen LogP) is 3.55. The van der Waals surface area contributed by atoms with Crippen molar-refractivity contribution >= 4 is 0 Å². The Morgan fingerprint density at radius 2 is 2.00 bits per heavy atom. The number of hydrogen-bond acceptors (Lipinski definition) is 1. The second-order valence-corrected chi connectivity index (χ2v) is 6.20. The lowest BCUT2D eigenvalue weighted by molar-refractivity contribution is 0.112. The Balaban J connectivity index is 2.14. The van der Waals surface area contributed by atoms with E-state index in [2.05, 4.69) is 39.8 Å². The van der Waals surface area contributed by atoms with E-state index < -0.39 is 0 Å². The average Bonchev–Trinajstić information content (AvgIpc) is 2.47. The molecule has 0 spiro atoms. The normalized spacial score (nSPS) is 42.2. The van der Waals surface area contributed by atoms with Gasteiger partial charge in [-0.05, 0) is 42.9 Å². The molecule has 0 unspecified atom stereocenters. The highest BCUT2D eigenvalue weighted by atomic mass is 16.3. The molecular weight excluding hydrogens is 196 g/mol. The fourth-order valence-electron chi connectivity index (χ4n) is 3.26. The van der Waals surface area contributed by atoms with E-state index >= 15 is 0 Å². The van der Waals surface area contributed by atoms with E-state index in [0.29, 0.717) is 17.3 Å². The summed E-state index contributed by atoms with van der Waals surface area (Å²) in [4.78, 5) is 0. The smallest absolute Gasteiger partial charge is 0.0746 e. The molecule has 16 heavy (non-hydrogen) atoms. The van der Waals surface area contributed by atoms with Gasteiger partial charge in [-0.3, -0.25) is 0 Å². The summed E-state index contributed by atoms with van der Waals surface area (Å²) in [5, 5.41) is 9.72. The van der Waals surface area contributed by atoms with Crippen LogP contribution in [0.5, 0.6) is 0 Å². The van der Waals surface area contributed by atoms with Gasteiger partial charge in [-0.2, -0.15) is 0 Å². The number of aliphatic hydroxyl groups is 1. The monoisotopic (exact) mass is 220 g/mol. The van der Waals surface area contributed by atoms with E-state index in [4.69, 9.17) is 0 Å². The van der Waals surface area contributed by atoms with Gasteiger partial charge in [-0.15, -0.1) is 0 Å². The van der Waals surface area contributed by atoms with Gasteiger partial charge in [-0.25, -0.2) is 0 Å². The zero-order valence-electron chi connectivity index (χ0n) is 10.9. The van der Waals surface area contributed by atoms with Crippen LogP contribution in [-0.2, 0) is 0 Å². The van der Waals surface area contributed by atoms with Gasteiger partial charge in [-0.1, -0.05) is 44.6 Å². The maximum Gasteiger partial charge on any atom is 0.0746 e. The van der Waals surface area contributed by atoms with Crippen molar-refractivity contribution in [3.8, 4) is 0 Å². The molecule has 0 heterocycles. The molecule has 0 aromatic rings. The fraction of sp³-hybridized carbons (Fsp3) is 0.733. The van der Waals surface area contributed by atoms with Crippen LogP contribution in [-0.4, -0.2) is 11.2 Å². The first-order chi connectivity index (χ1) is 7.43. The Hall–Kier alpha value is -0.560. The summed E-state index contributed by atoms with van der Waals surface area (Å²) in [5.74, 6) is 1.77. The van der Waals surface area contributed by atoms with Crippen molar-refractivity contribution in [2.75, 3.05) is 0 Å². The Morgan fingerprint density at radius 3 is 2.50 bits per heavy atom. The molecule has 4 atom stereocenters. The van der Waals surface area contributed by atoms with Crippen molar-refractivity contribution in [2.45, 2.75) is 46.6 Å². The third kappa shape index (κ3) is 1.86. The number of hydrogen-bond donors (Lipinski definition) is 1. The number of rotatable bonds is 1. The van der Waals surface area contributed by atoms with Crippen molar-refractivity contribution in [2.24, 2.45) is 23.2 Å². The first-order valence-electron chi connectivity index (χ1n) is 6.46. The van der Waals surface area contributed by atoms with Gasteiger partial charge >= 0.3 is 0 Å². The molecule has 0 amide bonds. The van der Waals surface area contributed by atoms with Gasteiger partial charge < -0.3 is 5.11 Å². The summed E-state index contributed by atoms with van der Waals surface area (Å²) in [5.41, 5.74) is 1.86. The average molecular weight is 220 g/mol. The summed E-state index contributed by atoms with van der Waals surface area (Å²) in [6.45, 7) is 9.13. The second kappa shape index (κ2) is 4.03. The van der Waals surface area contributed by atoms with Crippen molar-refractivity contribution in [1.29, 1.82) is 0 Å². The molecule has 90 valence electrons. The third-order valence-electron chi connectivity index (χ3n) is 4.92. The van der Waals surface area contributed by atoms with E-state index in [0.717, 1.165) is 12.3 Å². The number of aliphatic hydroxyl groups excluding tert-OH is 1. The van der Waals surface area contributed by atoms with Crippen LogP contribution in [0.15, 0.2) is 23.8 Å². The first-order valence-corrected chi connectivity index (χ1v) is 6.46. The van der Waals surface area contributed by atoms with Crippen LogP contribution in [0, 0.1) is 23.2 Å². The molecule has 0 saturated heterocycles. The van der Waals surface area contributed by atoms with Crippen LogP contribution in [0.1, 0.15) is 40.5 Å². The Morgan fingerprint density at radius 1 is 1.31 bits per heavy atom. The lowest BCUT2D eigenvalue weighted by atomic mass is 9.67. The molecule has 0 radical (unpaired) electrons. The number of allylic oxidation sites excluding steroid dienone is 3. The topological polar surface area (TPSA) is 20.2 Å². The predicted molar refractivity (Wildman–Crippen MR) is 68.1 cm³/mol. The van der Waals surface area contributed by atoms with Crippen molar-refractivity contribution in [1.82, 2.24) is 0 Å². The van der Waals surface area contributed by atoms with Gasteiger partial charge in [0.05, 0.1) is 6.10 Å². The van der Waals surface area contributed by atoms with Crippen LogP contribution in [0.2, 0.25) is 0 Å².